The van der Waals surface area contributed by atoms with Crippen molar-refractivity contribution in [1.29, 1.82) is 0 Å². The van der Waals surface area contributed by atoms with E-state index in [1.54, 1.807) is 29.6 Å². The van der Waals surface area contributed by atoms with Crippen molar-refractivity contribution < 1.29 is 23.1 Å². The van der Waals surface area contributed by atoms with Crippen LogP contribution in [-0.4, -0.2) is 54.0 Å². The van der Waals surface area contributed by atoms with Gasteiger partial charge in [-0.1, -0.05) is 25.0 Å². The molecule has 0 radical (unpaired) electrons. The molecule has 4 rings (SSSR count). The van der Waals surface area contributed by atoms with Crippen LogP contribution in [0, 0.1) is 0 Å². The highest BCUT2D eigenvalue weighted by Crippen LogP contribution is 2.27. The molecule has 1 aromatic carbocycles. The fraction of sp³-hybridized carbons (Fsp3) is 0.450. The predicted molar refractivity (Wildman–Crippen MR) is 117 cm³/mol. The Morgan fingerprint density at radius 2 is 1.81 bits per heavy atom. The van der Waals surface area contributed by atoms with Gasteiger partial charge in [0.15, 0.2) is 5.13 Å². The number of sulfonamides is 1. The van der Waals surface area contributed by atoms with Crippen molar-refractivity contribution in [3.63, 3.8) is 0 Å². The summed E-state index contributed by atoms with van der Waals surface area (Å²) in [5.41, 5.74) is 1.33. The summed E-state index contributed by atoms with van der Waals surface area (Å²) in [4.78, 5) is 29.4. The minimum Gasteiger partial charge on any atom is -0.465 e. The highest BCUT2D eigenvalue weighted by Gasteiger charge is 2.34. The smallest absolute Gasteiger partial charge is 0.407 e. The molecule has 2 amide bonds. The maximum atomic E-state index is 12.5. The van der Waals surface area contributed by atoms with E-state index in [-0.39, 0.29) is 16.8 Å². The van der Waals surface area contributed by atoms with Crippen LogP contribution in [-0.2, 0) is 14.8 Å². The summed E-state index contributed by atoms with van der Waals surface area (Å²) in [5, 5.41) is 14.0. The number of carboxylic acid groups (broad SMARTS) is 1. The molecule has 0 bridgehead atoms. The van der Waals surface area contributed by atoms with Crippen molar-refractivity contribution in [2.24, 2.45) is 0 Å². The number of hydrogen-bond acceptors (Lipinski definition) is 6. The number of carbonyl (C=O) groups is 2. The maximum absolute atomic E-state index is 12.5. The molecule has 2 fully saturated rings. The Bertz CT molecular complexity index is 1060. The number of hydrogen-bond donors (Lipinski definition) is 3. The molecular formula is C20H24N4O5S2. The third kappa shape index (κ3) is 4.89. The van der Waals surface area contributed by atoms with Crippen molar-refractivity contribution >= 4 is 38.5 Å². The van der Waals surface area contributed by atoms with Crippen molar-refractivity contribution in [3.05, 3.63) is 29.6 Å². The first-order chi connectivity index (χ1) is 14.8. The summed E-state index contributed by atoms with van der Waals surface area (Å²) in [6, 6.07) is 5.77. The van der Waals surface area contributed by atoms with E-state index in [0.717, 1.165) is 36.1 Å². The van der Waals surface area contributed by atoms with E-state index >= 15 is 0 Å². The molecule has 2 aliphatic rings. The molecule has 1 unspecified atom stereocenters. The van der Waals surface area contributed by atoms with Gasteiger partial charge in [-0.15, -0.1) is 11.3 Å². The number of aromatic nitrogens is 1. The Labute approximate surface area is 184 Å². The summed E-state index contributed by atoms with van der Waals surface area (Å²) in [6.07, 6.45) is 3.87. The van der Waals surface area contributed by atoms with Crippen molar-refractivity contribution in [1.82, 2.24) is 14.6 Å². The quantitative estimate of drug-likeness (QED) is 0.602. The lowest BCUT2D eigenvalue weighted by Crippen LogP contribution is -2.42. The molecule has 1 aromatic heterocycles. The van der Waals surface area contributed by atoms with Gasteiger partial charge in [0.1, 0.15) is 6.04 Å². The zero-order valence-corrected chi connectivity index (χ0v) is 18.4. The summed E-state index contributed by atoms with van der Waals surface area (Å²) in [6.45, 7) is 0.349. The van der Waals surface area contributed by atoms with Crippen LogP contribution in [0.15, 0.2) is 34.5 Å². The summed E-state index contributed by atoms with van der Waals surface area (Å²) in [5.74, 6) is -0.389. The van der Waals surface area contributed by atoms with Crippen molar-refractivity contribution in [2.75, 3.05) is 11.9 Å². The molecule has 1 atom stereocenters. The minimum absolute atomic E-state index is 0.00584. The summed E-state index contributed by atoms with van der Waals surface area (Å²) >= 11 is 1.23. The summed E-state index contributed by atoms with van der Waals surface area (Å²) in [7, 11) is -3.55. The van der Waals surface area contributed by atoms with Gasteiger partial charge in [0, 0.05) is 23.5 Å². The van der Waals surface area contributed by atoms with Gasteiger partial charge in [-0.25, -0.2) is 22.9 Å². The van der Waals surface area contributed by atoms with Gasteiger partial charge < -0.3 is 10.4 Å². The van der Waals surface area contributed by atoms with E-state index in [1.165, 1.54) is 11.3 Å². The van der Waals surface area contributed by atoms with Gasteiger partial charge in [-0.05, 0) is 37.8 Å². The molecule has 3 N–H and O–H groups in total. The minimum atomic E-state index is -3.55. The zero-order chi connectivity index (χ0) is 22.0. The van der Waals surface area contributed by atoms with E-state index in [4.69, 9.17) is 0 Å². The lowest BCUT2D eigenvalue weighted by molar-refractivity contribution is -0.119. The van der Waals surface area contributed by atoms with Gasteiger partial charge >= 0.3 is 6.09 Å². The fourth-order valence-corrected chi connectivity index (χ4v) is 6.08. The van der Waals surface area contributed by atoms with Crippen LogP contribution in [0.4, 0.5) is 9.93 Å². The topological polar surface area (TPSA) is 129 Å². The molecule has 1 aliphatic carbocycles. The standard InChI is InChI=1S/C20H24N4O5S2/c25-18(17-6-3-11-24(17)20(26)27)22-19-21-16(12-30-19)13-7-9-15(10-8-13)31(28,29)23-14-4-1-2-5-14/h7-10,12,14,17,23H,1-6,11H2,(H,26,27)(H,21,22,25). The van der Waals surface area contributed by atoms with Crippen LogP contribution in [0.5, 0.6) is 0 Å². The number of nitrogens with zero attached hydrogens (tertiary/aromatic N) is 2. The summed E-state index contributed by atoms with van der Waals surface area (Å²) < 4.78 is 27.8. The molecule has 1 aliphatic heterocycles. The molecule has 166 valence electrons. The Balaban J connectivity index is 1.42. The van der Waals surface area contributed by atoms with Crippen molar-refractivity contribution in [3.8, 4) is 11.3 Å². The molecule has 31 heavy (non-hydrogen) atoms. The Kier molecular flexibility index (Phi) is 6.26. The molecule has 11 heteroatoms. The number of anilines is 1. The second-order valence-corrected chi connectivity index (χ2v) is 10.4. The SMILES string of the molecule is O=C(Nc1nc(-c2ccc(S(=O)(=O)NC3CCCC3)cc2)cs1)C1CCCN1C(=O)O. The fourth-order valence-electron chi connectivity index (χ4n) is 4.06. The van der Waals surface area contributed by atoms with Crippen LogP contribution >= 0.6 is 11.3 Å². The lowest BCUT2D eigenvalue weighted by Gasteiger charge is -2.19. The number of carbonyl (C=O) groups excluding carboxylic acids is 1. The maximum Gasteiger partial charge on any atom is 0.407 e. The molecule has 1 saturated heterocycles. The van der Waals surface area contributed by atoms with Gasteiger partial charge in [0.05, 0.1) is 10.6 Å². The number of nitrogens with one attached hydrogen (secondary N) is 2. The van der Waals surface area contributed by atoms with E-state index in [0.29, 0.717) is 30.2 Å². The lowest BCUT2D eigenvalue weighted by atomic mass is 10.2. The Morgan fingerprint density at radius 1 is 1.10 bits per heavy atom. The van der Waals surface area contributed by atoms with E-state index in [9.17, 15) is 23.1 Å². The molecule has 2 aromatic rings. The molecule has 2 heterocycles. The number of benzene rings is 1. The second-order valence-electron chi connectivity index (χ2n) is 7.79. The largest absolute Gasteiger partial charge is 0.465 e. The third-order valence-corrected chi connectivity index (χ3v) is 7.97. The first kappa shape index (κ1) is 21.7. The predicted octanol–water partition coefficient (Wildman–Crippen LogP) is 3.11. The number of likely N-dealkylation sites (tertiary alicyclic amines) is 1. The van der Waals surface area contributed by atoms with Crippen molar-refractivity contribution in [2.45, 2.75) is 55.5 Å². The monoisotopic (exact) mass is 464 g/mol. The van der Waals surface area contributed by atoms with E-state index < -0.39 is 22.2 Å². The van der Waals surface area contributed by atoms with Crippen LogP contribution in [0.25, 0.3) is 11.3 Å². The van der Waals surface area contributed by atoms with E-state index in [1.807, 2.05) is 0 Å². The highest BCUT2D eigenvalue weighted by molar-refractivity contribution is 7.89. The normalized spacial score (nSPS) is 19.6. The first-order valence-corrected chi connectivity index (χ1v) is 12.6. The number of amides is 2. The molecule has 1 saturated carbocycles. The number of rotatable bonds is 6. The van der Waals surface area contributed by atoms with Gasteiger partial charge in [-0.2, -0.15) is 0 Å². The third-order valence-electron chi connectivity index (χ3n) is 5.67. The zero-order valence-electron chi connectivity index (χ0n) is 16.8. The average molecular weight is 465 g/mol. The number of thiazole rings is 1. The molecule has 9 nitrogen and oxygen atoms in total. The Hall–Kier alpha value is -2.50. The molecule has 0 spiro atoms. The van der Waals surface area contributed by atoms with Crippen LogP contribution < -0.4 is 10.0 Å². The highest BCUT2D eigenvalue weighted by atomic mass is 32.2. The molecular weight excluding hydrogens is 440 g/mol. The van der Waals surface area contributed by atoms with Crippen LogP contribution in [0.2, 0.25) is 0 Å². The van der Waals surface area contributed by atoms with Gasteiger partial charge in [0.2, 0.25) is 15.9 Å². The Morgan fingerprint density at radius 3 is 2.48 bits per heavy atom. The van der Waals surface area contributed by atoms with Gasteiger partial charge in [-0.3, -0.25) is 9.69 Å². The average Bonchev–Trinajstić information content (AvgIpc) is 3.49. The van der Waals surface area contributed by atoms with E-state index in [2.05, 4.69) is 15.0 Å². The van der Waals surface area contributed by atoms with Gasteiger partial charge in [0.25, 0.3) is 0 Å². The second kappa shape index (κ2) is 8.93. The van der Waals surface area contributed by atoms with Crippen LogP contribution in [0.3, 0.4) is 0 Å². The first-order valence-electron chi connectivity index (χ1n) is 10.2. The van der Waals surface area contributed by atoms with Crippen LogP contribution in [0.1, 0.15) is 38.5 Å².